The predicted molar refractivity (Wildman–Crippen MR) is 80.0 cm³/mol. The van der Waals surface area contributed by atoms with Crippen LogP contribution in [0, 0.1) is 0 Å². The van der Waals surface area contributed by atoms with Gasteiger partial charge >= 0.3 is 0 Å². The first kappa shape index (κ1) is 13.9. The van der Waals surface area contributed by atoms with E-state index in [-0.39, 0.29) is 18.2 Å². The van der Waals surface area contributed by atoms with E-state index in [1.54, 1.807) is 11.0 Å². The lowest BCUT2D eigenvalue weighted by molar-refractivity contribution is -0.131. The monoisotopic (exact) mass is 312 g/mol. The van der Waals surface area contributed by atoms with Gasteiger partial charge in [0, 0.05) is 13.0 Å². The van der Waals surface area contributed by atoms with Crippen molar-refractivity contribution in [3.8, 4) is 5.75 Å². The van der Waals surface area contributed by atoms with Gasteiger partial charge in [-0.05, 0) is 12.1 Å². The molecule has 1 unspecified atom stereocenters. The van der Waals surface area contributed by atoms with Gasteiger partial charge in [-0.15, -0.1) is 0 Å². The maximum atomic E-state index is 12.4. The van der Waals surface area contributed by atoms with Crippen LogP contribution in [0.4, 0.5) is 0 Å². The highest BCUT2D eigenvalue weighted by Crippen LogP contribution is 2.38. The van der Waals surface area contributed by atoms with Gasteiger partial charge in [-0.2, -0.15) is 5.10 Å². The Hall–Kier alpha value is -2.70. The van der Waals surface area contributed by atoms with Crippen molar-refractivity contribution >= 4 is 11.7 Å². The summed E-state index contributed by atoms with van der Waals surface area (Å²) in [6.45, 7) is 1.17. The number of para-hydroxylation sites is 1. The highest BCUT2D eigenvalue weighted by molar-refractivity contribution is 6.00. The summed E-state index contributed by atoms with van der Waals surface area (Å²) in [5, 5.41) is 3.95. The SMILES string of the molecule is O=C1CC2(CCN(C(=O)Cn3cncn3)C2)Oc2ccccc21. The lowest BCUT2D eigenvalue weighted by Gasteiger charge is -2.34. The van der Waals surface area contributed by atoms with Gasteiger partial charge < -0.3 is 9.64 Å². The summed E-state index contributed by atoms with van der Waals surface area (Å²) in [7, 11) is 0. The van der Waals surface area contributed by atoms with E-state index in [0.717, 1.165) is 0 Å². The number of carbonyl (C=O) groups is 2. The summed E-state index contributed by atoms with van der Waals surface area (Å²) < 4.78 is 7.61. The third kappa shape index (κ3) is 2.48. The Morgan fingerprint density at radius 3 is 3.04 bits per heavy atom. The van der Waals surface area contributed by atoms with Gasteiger partial charge in [-0.3, -0.25) is 9.59 Å². The first-order valence-corrected chi connectivity index (χ1v) is 7.57. The van der Waals surface area contributed by atoms with Crippen LogP contribution in [0.25, 0.3) is 0 Å². The largest absolute Gasteiger partial charge is 0.484 e. The Bertz CT molecular complexity index is 758. The summed E-state index contributed by atoms with van der Waals surface area (Å²) in [6, 6.07) is 7.29. The molecule has 23 heavy (non-hydrogen) atoms. The second-order valence-corrected chi connectivity index (χ2v) is 6.04. The van der Waals surface area contributed by atoms with Gasteiger partial charge in [-0.25, -0.2) is 9.67 Å². The van der Waals surface area contributed by atoms with Crippen molar-refractivity contribution in [1.29, 1.82) is 0 Å². The molecule has 0 N–H and O–H groups in total. The van der Waals surface area contributed by atoms with Crippen molar-refractivity contribution in [2.24, 2.45) is 0 Å². The van der Waals surface area contributed by atoms with Gasteiger partial charge in [-0.1, -0.05) is 12.1 Å². The first-order chi connectivity index (χ1) is 11.2. The number of likely N-dealkylation sites (tertiary alicyclic amines) is 1. The third-order valence-electron chi connectivity index (χ3n) is 4.43. The smallest absolute Gasteiger partial charge is 0.244 e. The minimum Gasteiger partial charge on any atom is -0.484 e. The molecule has 0 aliphatic carbocycles. The van der Waals surface area contributed by atoms with E-state index in [9.17, 15) is 9.59 Å². The normalized spacial score (nSPS) is 23.0. The van der Waals surface area contributed by atoms with Crippen molar-refractivity contribution in [1.82, 2.24) is 19.7 Å². The molecule has 3 heterocycles. The molecule has 0 radical (unpaired) electrons. The minimum absolute atomic E-state index is 0.0396. The van der Waals surface area contributed by atoms with E-state index in [0.29, 0.717) is 37.2 Å². The number of rotatable bonds is 2. The summed E-state index contributed by atoms with van der Waals surface area (Å²) in [5.41, 5.74) is 0.0363. The fourth-order valence-electron chi connectivity index (χ4n) is 3.28. The van der Waals surface area contributed by atoms with Crippen LogP contribution >= 0.6 is 0 Å². The maximum Gasteiger partial charge on any atom is 0.244 e. The number of hydrogen-bond donors (Lipinski definition) is 0. The standard InChI is InChI=1S/C16H16N4O3/c21-13-7-16(23-14-4-2-1-3-12(13)14)5-6-19(9-16)15(22)8-20-11-17-10-18-20/h1-4,10-11H,5-9H2. The molecule has 1 saturated heterocycles. The molecule has 2 aromatic rings. The topological polar surface area (TPSA) is 77.3 Å². The number of aromatic nitrogens is 3. The van der Waals surface area contributed by atoms with Gasteiger partial charge in [0.1, 0.15) is 30.5 Å². The van der Waals surface area contributed by atoms with E-state index < -0.39 is 5.60 Å². The molecule has 1 aromatic carbocycles. The number of Topliss-reactive ketones (excluding diaryl/α,β-unsaturated/α-hetero) is 1. The van der Waals surface area contributed by atoms with Crippen LogP contribution in [0.3, 0.4) is 0 Å². The Labute approximate surface area is 132 Å². The Morgan fingerprint density at radius 2 is 2.22 bits per heavy atom. The number of ketones is 1. The van der Waals surface area contributed by atoms with Crippen LogP contribution in [-0.2, 0) is 11.3 Å². The molecular formula is C16H16N4O3. The average Bonchev–Trinajstić information content (AvgIpc) is 3.18. The molecule has 118 valence electrons. The summed E-state index contributed by atoms with van der Waals surface area (Å²) in [4.78, 5) is 30.3. The zero-order valence-electron chi connectivity index (χ0n) is 12.5. The predicted octanol–water partition coefficient (Wildman–Crippen LogP) is 0.915. The number of nitrogens with zero attached hydrogens (tertiary/aromatic N) is 4. The Morgan fingerprint density at radius 1 is 1.35 bits per heavy atom. The van der Waals surface area contributed by atoms with E-state index in [1.165, 1.54) is 17.3 Å². The van der Waals surface area contributed by atoms with Crippen LogP contribution < -0.4 is 4.74 Å². The molecule has 7 heteroatoms. The number of ether oxygens (including phenoxy) is 1. The average molecular weight is 312 g/mol. The Balaban J connectivity index is 1.50. The summed E-state index contributed by atoms with van der Waals surface area (Å²) >= 11 is 0. The van der Waals surface area contributed by atoms with Gasteiger partial charge in [0.15, 0.2) is 5.78 Å². The summed E-state index contributed by atoms with van der Waals surface area (Å²) in [6.07, 6.45) is 3.90. The van der Waals surface area contributed by atoms with E-state index in [2.05, 4.69) is 10.1 Å². The Kier molecular flexibility index (Phi) is 3.14. The quantitative estimate of drug-likeness (QED) is 0.824. The lowest BCUT2D eigenvalue weighted by atomic mass is 9.89. The summed E-state index contributed by atoms with van der Waals surface area (Å²) in [5.74, 6) is 0.661. The van der Waals surface area contributed by atoms with Crippen molar-refractivity contribution in [2.45, 2.75) is 25.0 Å². The molecule has 2 aliphatic rings. The number of hydrogen-bond acceptors (Lipinski definition) is 5. The van der Waals surface area contributed by atoms with Gasteiger partial charge in [0.2, 0.25) is 5.91 Å². The molecule has 1 amide bonds. The highest BCUT2D eigenvalue weighted by Gasteiger charge is 2.46. The molecular weight excluding hydrogens is 296 g/mol. The minimum atomic E-state index is -0.594. The van der Waals surface area contributed by atoms with Crippen LogP contribution in [0.2, 0.25) is 0 Å². The number of amides is 1. The molecule has 1 aromatic heterocycles. The molecule has 7 nitrogen and oxygen atoms in total. The maximum absolute atomic E-state index is 12.4. The molecule has 2 aliphatic heterocycles. The van der Waals surface area contributed by atoms with Crippen molar-refractivity contribution < 1.29 is 14.3 Å². The van der Waals surface area contributed by atoms with Gasteiger partial charge in [0.05, 0.1) is 18.5 Å². The van der Waals surface area contributed by atoms with Gasteiger partial charge in [0.25, 0.3) is 0 Å². The van der Waals surface area contributed by atoms with Crippen LogP contribution in [0.5, 0.6) is 5.75 Å². The van der Waals surface area contributed by atoms with Crippen LogP contribution in [-0.4, -0.2) is 50.0 Å². The van der Waals surface area contributed by atoms with E-state index in [1.807, 2.05) is 18.2 Å². The second-order valence-electron chi connectivity index (χ2n) is 6.04. The van der Waals surface area contributed by atoms with Crippen LogP contribution in [0.1, 0.15) is 23.2 Å². The van der Waals surface area contributed by atoms with Crippen molar-refractivity contribution in [3.63, 3.8) is 0 Å². The first-order valence-electron chi connectivity index (χ1n) is 7.57. The zero-order valence-corrected chi connectivity index (χ0v) is 12.5. The van der Waals surface area contributed by atoms with Crippen LogP contribution in [0.15, 0.2) is 36.9 Å². The zero-order chi connectivity index (χ0) is 15.9. The highest BCUT2D eigenvalue weighted by atomic mass is 16.5. The fraction of sp³-hybridized carbons (Fsp3) is 0.375. The van der Waals surface area contributed by atoms with Crippen molar-refractivity contribution in [2.75, 3.05) is 13.1 Å². The number of fused-ring (bicyclic) bond motifs is 1. The molecule has 1 atom stereocenters. The van der Waals surface area contributed by atoms with E-state index >= 15 is 0 Å². The molecule has 1 fully saturated rings. The lowest BCUT2D eigenvalue weighted by Crippen LogP contribution is -2.45. The fourth-order valence-corrected chi connectivity index (χ4v) is 3.28. The van der Waals surface area contributed by atoms with Crippen molar-refractivity contribution in [3.05, 3.63) is 42.5 Å². The molecule has 0 saturated carbocycles. The number of carbonyl (C=O) groups excluding carboxylic acids is 2. The third-order valence-corrected chi connectivity index (χ3v) is 4.43. The molecule has 1 spiro atoms. The number of benzene rings is 1. The molecule has 4 rings (SSSR count). The second kappa shape index (κ2) is 5.19. The molecule has 0 bridgehead atoms. The van der Waals surface area contributed by atoms with E-state index in [4.69, 9.17) is 4.74 Å².